The fraction of sp³-hybridized carbons (Fsp3) is 0.480. The Balaban J connectivity index is 1.63. The van der Waals surface area contributed by atoms with E-state index in [1.807, 2.05) is 6.92 Å². The molecule has 1 aliphatic carbocycles. The van der Waals surface area contributed by atoms with Crippen molar-refractivity contribution in [1.82, 2.24) is 24.6 Å². The van der Waals surface area contributed by atoms with Gasteiger partial charge in [-0.3, -0.25) is 14.2 Å². The molecule has 3 heterocycles. The first kappa shape index (κ1) is 23.8. The zero-order chi connectivity index (χ0) is 25.4. The summed E-state index contributed by atoms with van der Waals surface area (Å²) in [4.78, 5) is 31.9. The molecule has 1 saturated heterocycles. The molecule has 2 fully saturated rings. The molecule has 36 heavy (non-hydrogen) atoms. The Labute approximate surface area is 207 Å². The number of nitrogens with zero attached hydrogens (tertiary/aromatic N) is 5. The lowest BCUT2D eigenvalue weighted by Crippen LogP contribution is -2.26. The van der Waals surface area contributed by atoms with E-state index in [9.17, 15) is 14.7 Å². The zero-order valence-corrected chi connectivity index (χ0v) is 20.6. The van der Waals surface area contributed by atoms with Gasteiger partial charge in [-0.25, -0.2) is 0 Å². The van der Waals surface area contributed by atoms with E-state index in [1.54, 1.807) is 17.0 Å². The van der Waals surface area contributed by atoms with Crippen molar-refractivity contribution in [2.75, 3.05) is 20.8 Å². The molecule has 1 saturated carbocycles. The lowest BCUT2D eigenvalue weighted by Gasteiger charge is -2.19. The number of amides is 1. The van der Waals surface area contributed by atoms with Crippen LogP contribution in [0.15, 0.2) is 21.3 Å². The van der Waals surface area contributed by atoms with Crippen molar-refractivity contribution in [3.8, 4) is 34.5 Å². The standard InChI is InChI=1S/C25H29N5O6/c1-14-11-16(34-2)22(17(12-14)35-3)30-18(9-8-15-6-7-15)26-23(32)21(25(30)33)24-28-27-19(36-24)13-29-10-4-5-20(29)31/h11-12,15,32H,4-10,13H2,1-3H3. The highest BCUT2D eigenvalue weighted by atomic mass is 16.5. The van der Waals surface area contributed by atoms with E-state index < -0.39 is 11.4 Å². The van der Waals surface area contributed by atoms with E-state index in [-0.39, 0.29) is 29.8 Å². The topological polar surface area (TPSA) is 133 Å². The van der Waals surface area contributed by atoms with Gasteiger partial charge in [-0.1, -0.05) is 12.8 Å². The maximum atomic E-state index is 14.0. The average molecular weight is 496 g/mol. The molecule has 190 valence electrons. The third-order valence-corrected chi connectivity index (χ3v) is 6.63. The smallest absolute Gasteiger partial charge is 0.275 e. The summed E-state index contributed by atoms with van der Waals surface area (Å²) in [5.74, 6) is 1.37. The molecule has 0 spiro atoms. The summed E-state index contributed by atoms with van der Waals surface area (Å²) in [6, 6.07) is 3.61. The second-order valence-electron chi connectivity index (χ2n) is 9.29. The van der Waals surface area contributed by atoms with Gasteiger partial charge in [-0.2, -0.15) is 4.98 Å². The number of likely N-dealkylation sites (tertiary alicyclic amines) is 1. The molecular weight excluding hydrogens is 466 g/mol. The number of aromatic nitrogens is 4. The second kappa shape index (κ2) is 9.63. The summed E-state index contributed by atoms with van der Waals surface area (Å²) in [6.07, 6.45) is 4.89. The largest absolute Gasteiger partial charge is 0.494 e. The minimum absolute atomic E-state index is 0.0141. The molecule has 1 amide bonds. The van der Waals surface area contributed by atoms with E-state index in [1.165, 1.54) is 18.8 Å². The van der Waals surface area contributed by atoms with Crippen LogP contribution in [0.4, 0.5) is 0 Å². The summed E-state index contributed by atoms with van der Waals surface area (Å²) in [5.41, 5.74) is 0.477. The Morgan fingerprint density at radius 3 is 2.47 bits per heavy atom. The quantitative estimate of drug-likeness (QED) is 0.476. The Bertz CT molecular complexity index is 1330. The van der Waals surface area contributed by atoms with Crippen LogP contribution in [0.1, 0.15) is 49.4 Å². The number of carbonyl (C=O) groups excluding carboxylic acids is 1. The van der Waals surface area contributed by atoms with Gasteiger partial charge < -0.3 is 23.9 Å². The maximum Gasteiger partial charge on any atom is 0.275 e. The number of hydrogen-bond acceptors (Lipinski definition) is 9. The van der Waals surface area contributed by atoms with Crippen molar-refractivity contribution in [3.05, 3.63) is 39.8 Å². The number of benzene rings is 1. The normalized spacial score (nSPS) is 15.5. The van der Waals surface area contributed by atoms with Gasteiger partial charge in [0.05, 0.1) is 20.8 Å². The first-order valence-electron chi connectivity index (χ1n) is 12.1. The van der Waals surface area contributed by atoms with Gasteiger partial charge >= 0.3 is 0 Å². The third-order valence-electron chi connectivity index (χ3n) is 6.63. The first-order valence-corrected chi connectivity index (χ1v) is 12.1. The van der Waals surface area contributed by atoms with Crippen molar-refractivity contribution in [2.24, 2.45) is 5.92 Å². The number of aryl methyl sites for hydroxylation is 2. The number of carbonyl (C=O) groups is 1. The number of ether oxygens (including phenoxy) is 2. The first-order chi connectivity index (χ1) is 17.4. The number of hydrogen-bond donors (Lipinski definition) is 1. The molecule has 11 heteroatoms. The van der Waals surface area contributed by atoms with Crippen LogP contribution in [-0.2, 0) is 17.8 Å². The minimum atomic E-state index is -0.582. The molecule has 3 aromatic rings. The molecule has 1 aromatic carbocycles. The van der Waals surface area contributed by atoms with Crippen LogP contribution in [-0.4, -0.2) is 56.4 Å². The fourth-order valence-electron chi connectivity index (χ4n) is 4.58. The van der Waals surface area contributed by atoms with Crippen molar-refractivity contribution in [2.45, 2.75) is 52.0 Å². The fourth-order valence-corrected chi connectivity index (χ4v) is 4.58. The van der Waals surface area contributed by atoms with Crippen LogP contribution in [0, 0.1) is 12.8 Å². The number of rotatable bonds is 9. The van der Waals surface area contributed by atoms with E-state index in [0.29, 0.717) is 48.3 Å². The molecule has 0 atom stereocenters. The average Bonchev–Trinajstić information content (AvgIpc) is 3.44. The summed E-state index contributed by atoms with van der Waals surface area (Å²) < 4.78 is 18.4. The Hall–Kier alpha value is -3.89. The molecule has 0 unspecified atom stereocenters. The van der Waals surface area contributed by atoms with Crippen LogP contribution in [0.5, 0.6) is 17.4 Å². The Kier molecular flexibility index (Phi) is 6.38. The molecule has 2 aromatic heterocycles. The molecule has 2 aliphatic rings. The lowest BCUT2D eigenvalue weighted by molar-refractivity contribution is -0.128. The summed E-state index contributed by atoms with van der Waals surface area (Å²) >= 11 is 0. The van der Waals surface area contributed by atoms with Gasteiger partial charge in [0, 0.05) is 19.4 Å². The molecular formula is C25H29N5O6. The van der Waals surface area contributed by atoms with Crippen molar-refractivity contribution in [3.63, 3.8) is 0 Å². The number of methoxy groups -OCH3 is 2. The Morgan fingerprint density at radius 2 is 1.86 bits per heavy atom. The lowest BCUT2D eigenvalue weighted by atomic mass is 10.1. The predicted octanol–water partition coefficient (Wildman–Crippen LogP) is 2.78. The SMILES string of the molecule is COc1cc(C)cc(OC)c1-n1c(CCC2CC2)nc(O)c(-c2nnc(CN3CCCC3=O)o2)c1=O. The molecule has 0 bridgehead atoms. The van der Waals surface area contributed by atoms with Crippen LogP contribution < -0.4 is 15.0 Å². The number of aromatic hydroxyl groups is 1. The van der Waals surface area contributed by atoms with Crippen LogP contribution in [0.25, 0.3) is 17.1 Å². The molecule has 5 rings (SSSR count). The van der Waals surface area contributed by atoms with E-state index >= 15 is 0 Å². The second-order valence-corrected chi connectivity index (χ2v) is 9.29. The van der Waals surface area contributed by atoms with E-state index in [0.717, 1.165) is 31.2 Å². The Morgan fingerprint density at radius 1 is 1.14 bits per heavy atom. The highest BCUT2D eigenvalue weighted by Gasteiger charge is 2.29. The van der Waals surface area contributed by atoms with E-state index in [2.05, 4.69) is 15.2 Å². The van der Waals surface area contributed by atoms with Gasteiger partial charge in [-0.05, 0) is 43.4 Å². The van der Waals surface area contributed by atoms with Crippen LogP contribution >= 0.6 is 0 Å². The minimum Gasteiger partial charge on any atom is -0.494 e. The maximum absolute atomic E-state index is 14.0. The summed E-state index contributed by atoms with van der Waals surface area (Å²) in [6.45, 7) is 2.66. The van der Waals surface area contributed by atoms with Crippen LogP contribution in [0.3, 0.4) is 0 Å². The van der Waals surface area contributed by atoms with Crippen molar-refractivity contribution < 1.29 is 23.8 Å². The van der Waals surface area contributed by atoms with Gasteiger partial charge in [0.1, 0.15) is 23.0 Å². The highest BCUT2D eigenvalue weighted by Crippen LogP contribution is 2.37. The summed E-state index contributed by atoms with van der Waals surface area (Å²) in [5, 5.41) is 18.8. The van der Waals surface area contributed by atoms with Crippen molar-refractivity contribution in [1.29, 1.82) is 0 Å². The molecule has 0 radical (unpaired) electrons. The highest BCUT2D eigenvalue weighted by molar-refractivity contribution is 5.77. The van der Waals surface area contributed by atoms with Gasteiger partial charge in [0.15, 0.2) is 5.56 Å². The van der Waals surface area contributed by atoms with Crippen LogP contribution in [0.2, 0.25) is 0 Å². The van der Waals surface area contributed by atoms with Gasteiger partial charge in [-0.15, -0.1) is 10.2 Å². The van der Waals surface area contributed by atoms with E-state index in [4.69, 9.17) is 13.9 Å². The van der Waals surface area contributed by atoms with Gasteiger partial charge in [0.2, 0.25) is 17.7 Å². The summed E-state index contributed by atoms with van der Waals surface area (Å²) in [7, 11) is 3.04. The predicted molar refractivity (Wildman–Crippen MR) is 128 cm³/mol. The molecule has 11 nitrogen and oxygen atoms in total. The zero-order valence-electron chi connectivity index (χ0n) is 20.6. The monoisotopic (exact) mass is 495 g/mol. The molecule has 1 N–H and O–H groups in total. The molecule has 1 aliphatic heterocycles. The van der Waals surface area contributed by atoms with Crippen molar-refractivity contribution >= 4 is 5.91 Å². The third kappa shape index (κ3) is 4.52. The van der Waals surface area contributed by atoms with Gasteiger partial charge in [0.25, 0.3) is 11.4 Å².